The summed E-state index contributed by atoms with van der Waals surface area (Å²) in [6, 6.07) is 25.7. The number of carboxylic acid groups (broad SMARTS) is 1. The zero-order valence-corrected chi connectivity index (χ0v) is 46.0. The fourth-order valence-corrected chi connectivity index (χ4v) is 10.4. The third-order valence-electron chi connectivity index (χ3n) is 14.9. The lowest BCUT2D eigenvalue weighted by Crippen LogP contribution is -2.61. The van der Waals surface area contributed by atoms with Crippen molar-refractivity contribution in [1.29, 1.82) is 0 Å². The standard InChI is InChI=1S/C62H66N12O10/c1-33(2)55(74-61(83)53(27-38-32-68-48-18-10-6-14-43(38)48)72-58(80)50(23-34-19-21-39(75)22-20-34)70-57(79)44(63)28-54(76)77)62(84)73-52(26-37-31-67-47-17-9-5-13-42(37)47)60(82)71-51(25-36-30-66-46-16-8-4-12-41(36)46)59(81)69-49(56(64)78)24-35-29-65-45-15-7-3-11-40(35)45/h3-22,29-33,44,49-53,55,65-68,75H,23-28,63H2,1-2H3,(H2,64,78)(H,69,81)(H,70,79)(H,71,82)(H,72,80)(H,73,84)(H,74,83)(H,76,77)/t44-,49+,50-,51+,52+,53+,55-/m0/s1. The zero-order valence-electron chi connectivity index (χ0n) is 46.0. The number of aromatic hydroxyl groups is 1. The van der Waals surface area contributed by atoms with E-state index in [0.29, 0.717) is 22.3 Å². The molecule has 0 spiro atoms. The summed E-state index contributed by atoms with van der Waals surface area (Å²) in [7, 11) is 0. The van der Waals surface area contributed by atoms with Gasteiger partial charge in [0.05, 0.1) is 12.5 Å². The number of phenolic OH excluding ortho intramolecular Hbond substituents is 1. The molecule has 4 aromatic heterocycles. The first-order chi connectivity index (χ1) is 40.4. The van der Waals surface area contributed by atoms with E-state index in [2.05, 4.69) is 51.8 Å². The molecular formula is C62H66N12O10. The number of rotatable bonds is 26. The molecule has 0 saturated heterocycles. The highest BCUT2D eigenvalue weighted by atomic mass is 16.4. The van der Waals surface area contributed by atoms with Crippen molar-refractivity contribution < 1.29 is 48.6 Å². The molecule has 7 amide bonds. The molecule has 22 nitrogen and oxygen atoms in total. The minimum absolute atomic E-state index is 0.0347. The summed E-state index contributed by atoms with van der Waals surface area (Å²) >= 11 is 0. The second-order valence-electron chi connectivity index (χ2n) is 21.3. The van der Waals surface area contributed by atoms with Gasteiger partial charge in [0.25, 0.3) is 0 Å². The Bertz CT molecular complexity index is 3880. The lowest BCUT2D eigenvalue weighted by Gasteiger charge is -2.29. The Hall–Kier alpha value is -10.2. The van der Waals surface area contributed by atoms with Crippen LogP contribution in [0.25, 0.3) is 43.6 Å². The molecule has 7 atom stereocenters. The Morgan fingerprint density at radius 3 is 1.12 bits per heavy atom. The molecule has 0 bridgehead atoms. The molecule has 0 unspecified atom stereocenters. The Labute approximate surface area is 481 Å². The minimum atomic E-state index is -1.53. The Balaban J connectivity index is 1.00. The van der Waals surface area contributed by atoms with Crippen molar-refractivity contribution in [3.63, 3.8) is 0 Å². The van der Waals surface area contributed by atoms with Crippen LogP contribution in [0.2, 0.25) is 0 Å². The van der Waals surface area contributed by atoms with Gasteiger partial charge in [-0.3, -0.25) is 38.4 Å². The number of aliphatic carboxylic acids is 1. The van der Waals surface area contributed by atoms with Crippen molar-refractivity contribution in [3.8, 4) is 5.75 Å². The maximum Gasteiger partial charge on any atom is 0.305 e. The molecule has 84 heavy (non-hydrogen) atoms. The number of nitrogens with one attached hydrogen (secondary N) is 10. The monoisotopic (exact) mass is 1140 g/mol. The number of hydrogen-bond acceptors (Lipinski definition) is 10. The smallest absolute Gasteiger partial charge is 0.305 e. The second-order valence-corrected chi connectivity index (χ2v) is 21.3. The number of primary amides is 1. The Morgan fingerprint density at radius 2 is 0.750 bits per heavy atom. The maximum atomic E-state index is 15.1. The van der Waals surface area contributed by atoms with Crippen LogP contribution in [0.15, 0.2) is 146 Å². The van der Waals surface area contributed by atoms with Crippen LogP contribution in [-0.2, 0) is 70.5 Å². The topological polar surface area (TPSA) is 364 Å². The first-order valence-electron chi connectivity index (χ1n) is 27.5. The van der Waals surface area contributed by atoms with Gasteiger partial charge in [0.1, 0.15) is 42.0 Å². The average molecular weight is 1140 g/mol. The van der Waals surface area contributed by atoms with Crippen LogP contribution in [0.4, 0.5) is 0 Å². The summed E-state index contributed by atoms with van der Waals surface area (Å²) in [6.07, 6.45) is 5.71. The van der Waals surface area contributed by atoms with Gasteiger partial charge in [-0.2, -0.15) is 0 Å². The highest BCUT2D eigenvalue weighted by Gasteiger charge is 2.36. The van der Waals surface area contributed by atoms with Crippen LogP contribution < -0.4 is 43.4 Å². The molecular weight excluding hydrogens is 1070 g/mol. The Morgan fingerprint density at radius 1 is 0.429 bits per heavy atom. The summed E-state index contributed by atoms with van der Waals surface area (Å²) in [5.74, 6) is -7.75. The van der Waals surface area contributed by atoms with Crippen molar-refractivity contribution in [3.05, 3.63) is 174 Å². The molecule has 434 valence electrons. The predicted octanol–water partition coefficient (Wildman–Crippen LogP) is 3.68. The van der Waals surface area contributed by atoms with E-state index in [0.717, 1.165) is 49.2 Å². The number of benzene rings is 5. The van der Waals surface area contributed by atoms with Crippen LogP contribution in [0.1, 0.15) is 48.1 Å². The van der Waals surface area contributed by atoms with E-state index in [1.807, 2.05) is 91.0 Å². The molecule has 0 saturated carbocycles. The van der Waals surface area contributed by atoms with Crippen molar-refractivity contribution in [2.45, 2.75) is 94.7 Å². The molecule has 0 aliphatic rings. The summed E-state index contributed by atoms with van der Waals surface area (Å²) in [4.78, 5) is 125. The van der Waals surface area contributed by atoms with Gasteiger partial charge in [-0.05, 0) is 70.1 Å². The molecule has 0 radical (unpaired) electrons. The number of H-pyrrole nitrogens is 4. The van der Waals surface area contributed by atoms with E-state index in [4.69, 9.17) is 11.5 Å². The number of nitrogens with two attached hydrogens (primary N) is 2. The van der Waals surface area contributed by atoms with Gasteiger partial charge in [0.15, 0.2) is 0 Å². The van der Waals surface area contributed by atoms with Gasteiger partial charge in [-0.1, -0.05) is 98.8 Å². The number of phenols is 1. The number of amides is 7. The number of carbonyl (C=O) groups is 8. The third-order valence-corrected chi connectivity index (χ3v) is 14.9. The SMILES string of the molecule is CC(C)[C@H](NC(=O)[C@@H](Cc1c[nH]c2ccccc12)NC(=O)[C@H](Cc1ccc(O)cc1)NC(=O)[C@@H](N)CC(=O)O)C(=O)N[C@H](Cc1c[nH]c2ccccc12)C(=O)N[C@H](Cc1c[nH]c2ccccc12)C(=O)N[C@H](Cc1c[nH]c2ccccc12)C(N)=O. The zero-order chi connectivity index (χ0) is 59.6. The summed E-state index contributed by atoms with van der Waals surface area (Å²) in [6.45, 7) is 3.37. The number of carboxylic acids is 1. The molecule has 0 aliphatic heterocycles. The first-order valence-corrected chi connectivity index (χ1v) is 27.5. The summed E-state index contributed by atoms with van der Waals surface area (Å²) in [5, 5.41) is 39.2. The van der Waals surface area contributed by atoms with Gasteiger partial charge < -0.3 is 73.5 Å². The number of aromatic nitrogens is 4. The lowest BCUT2D eigenvalue weighted by atomic mass is 9.98. The van der Waals surface area contributed by atoms with E-state index in [1.165, 1.54) is 24.3 Å². The van der Waals surface area contributed by atoms with Crippen LogP contribution in [0.3, 0.4) is 0 Å². The lowest BCUT2D eigenvalue weighted by molar-refractivity contribution is -0.140. The second kappa shape index (κ2) is 26.1. The number of aromatic amines is 4. The number of para-hydroxylation sites is 4. The average Bonchev–Trinajstić information content (AvgIpc) is 4.42. The van der Waals surface area contributed by atoms with E-state index in [-0.39, 0.29) is 37.9 Å². The Kier molecular flexibility index (Phi) is 18.2. The van der Waals surface area contributed by atoms with Crippen molar-refractivity contribution >= 4 is 90.9 Å². The number of carbonyl (C=O) groups excluding carboxylic acids is 7. The minimum Gasteiger partial charge on any atom is -0.508 e. The van der Waals surface area contributed by atoms with E-state index >= 15 is 4.79 Å². The van der Waals surface area contributed by atoms with Crippen molar-refractivity contribution in [1.82, 2.24) is 51.8 Å². The van der Waals surface area contributed by atoms with E-state index in [9.17, 15) is 43.8 Å². The van der Waals surface area contributed by atoms with Crippen LogP contribution in [0.5, 0.6) is 5.75 Å². The quantitative estimate of drug-likeness (QED) is 0.0371. The van der Waals surface area contributed by atoms with Crippen molar-refractivity contribution in [2.24, 2.45) is 17.4 Å². The summed E-state index contributed by atoms with van der Waals surface area (Å²) < 4.78 is 0. The van der Waals surface area contributed by atoms with Crippen LogP contribution in [-0.4, -0.2) is 120 Å². The summed E-state index contributed by atoms with van der Waals surface area (Å²) in [5.41, 5.74) is 18.1. The highest BCUT2D eigenvalue weighted by Crippen LogP contribution is 2.24. The fraction of sp³-hybridized carbons (Fsp3) is 0.258. The fourth-order valence-electron chi connectivity index (χ4n) is 10.4. The van der Waals surface area contributed by atoms with Crippen LogP contribution >= 0.6 is 0 Å². The number of fused-ring (bicyclic) bond motifs is 4. The maximum absolute atomic E-state index is 15.1. The first kappa shape index (κ1) is 58.4. The molecule has 5 aromatic carbocycles. The van der Waals surface area contributed by atoms with Gasteiger partial charge in [-0.15, -0.1) is 0 Å². The molecule has 9 aromatic rings. The van der Waals surface area contributed by atoms with Crippen LogP contribution in [0, 0.1) is 5.92 Å². The van der Waals surface area contributed by atoms with Gasteiger partial charge in [0, 0.05) is 101 Å². The van der Waals surface area contributed by atoms with Gasteiger partial charge in [-0.25, -0.2) is 0 Å². The molecule has 9 rings (SSSR count). The normalized spacial score (nSPS) is 14.0. The van der Waals surface area contributed by atoms with Gasteiger partial charge >= 0.3 is 5.97 Å². The molecule has 22 heteroatoms. The predicted molar refractivity (Wildman–Crippen MR) is 316 cm³/mol. The molecule has 0 aliphatic carbocycles. The molecule has 4 heterocycles. The van der Waals surface area contributed by atoms with E-state index < -0.39 is 102 Å². The van der Waals surface area contributed by atoms with E-state index in [1.54, 1.807) is 44.7 Å². The van der Waals surface area contributed by atoms with Crippen molar-refractivity contribution in [2.75, 3.05) is 0 Å². The third kappa shape index (κ3) is 14.1. The largest absolute Gasteiger partial charge is 0.508 e. The van der Waals surface area contributed by atoms with Gasteiger partial charge in [0.2, 0.25) is 41.4 Å². The molecule has 16 N–H and O–H groups in total. The number of hydrogen-bond donors (Lipinski definition) is 14. The highest BCUT2D eigenvalue weighted by molar-refractivity contribution is 5.99. The molecule has 0 fully saturated rings.